The fourth-order valence-corrected chi connectivity index (χ4v) is 5.15. The number of hydrogen-bond donors (Lipinski definition) is 3. The minimum atomic E-state index is -0.380. The molecule has 35 heavy (non-hydrogen) atoms. The molecule has 1 aliphatic carbocycles. The number of methoxy groups -OCH3 is 1. The molecule has 0 bridgehead atoms. The van der Waals surface area contributed by atoms with Gasteiger partial charge in [0.05, 0.1) is 18.5 Å². The molecule has 3 heterocycles. The van der Waals surface area contributed by atoms with E-state index in [1.165, 1.54) is 6.20 Å². The molecular weight excluding hydrogens is 469 g/mol. The normalized spacial score (nSPS) is 22.1. The number of nitrogens with one attached hydrogen (secondary N) is 3. The Balaban J connectivity index is 1.37. The second-order valence-corrected chi connectivity index (χ2v) is 10.1. The zero-order valence-corrected chi connectivity index (χ0v) is 21.4. The second kappa shape index (κ2) is 12.8. The molecular formula is C26H37ClFN5O2. The molecule has 2 aliphatic rings. The molecule has 0 aromatic carbocycles. The lowest BCUT2D eigenvalue weighted by Crippen LogP contribution is -2.42. The average Bonchev–Trinajstić information content (AvgIpc) is 2.87. The van der Waals surface area contributed by atoms with Crippen molar-refractivity contribution < 1.29 is 13.9 Å². The number of halogens is 2. The molecule has 0 amide bonds. The van der Waals surface area contributed by atoms with Gasteiger partial charge in [-0.25, -0.2) is 14.4 Å². The SMILES string of the molecule is COC[C@H](C)N[C@H]1CC[C@H](Nc2cc(-c3cnc(Cl)c(NCC4CCOCC4)c3)c(F)cn2)CC1. The van der Waals surface area contributed by atoms with Crippen LogP contribution in [0.1, 0.15) is 45.4 Å². The molecule has 7 nitrogen and oxygen atoms in total. The molecule has 1 atom stereocenters. The summed E-state index contributed by atoms with van der Waals surface area (Å²) in [5.74, 6) is 0.831. The van der Waals surface area contributed by atoms with E-state index < -0.39 is 0 Å². The van der Waals surface area contributed by atoms with Gasteiger partial charge in [0.25, 0.3) is 0 Å². The lowest BCUT2D eigenvalue weighted by Gasteiger charge is -2.31. The van der Waals surface area contributed by atoms with Gasteiger partial charge in [-0.15, -0.1) is 0 Å². The quantitative estimate of drug-likeness (QED) is 0.386. The molecule has 1 aliphatic heterocycles. The van der Waals surface area contributed by atoms with E-state index in [2.05, 4.69) is 32.8 Å². The zero-order valence-electron chi connectivity index (χ0n) is 20.7. The van der Waals surface area contributed by atoms with E-state index in [0.29, 0.717) is 52.7 Å². The van der Waals surface area contributed by atoms with Gasteiger partial charge in [0.2, 0.25) is 0 Å². The molecule has 1 saturated heterocycles. The highest BCUT2D eigenvalue weighted by Gasteiger charge is 2.23. The second-order valence-electron chi connectivity index (χ2n) is 9.76. The molecule has 4 rings (SSSR count). The van der Waals surface area contributed by atoms with Gasteiger partial charge in [-0.3, -0.25) is 0 Å². The molecule has 2 aromatic rings. The van der Waals surface area contributed by atoms with Gasteiger partial charge in [-0.05, 0) is 63.5 Å². The van der Waals surface area contributed by atoms with Crippen molar-refractivity contribution in [2.45, 2.75) is 63.6 Å². The first kappa shape index (κ1) is 26.1. The van der Waals surface area contributed by atoms with Crippen LogP contribution in [0, 0.1) is 11.7 Å². The van der Waals surface area contributed by atoms with Crippen LogP contribution >= 0.6 is 11.6 Å². The van der Waals surface area contributed by atoms with E-state index in [1.54, 1.807) is 19.4 Å². The number of anilines is 2. The molecule has 0 unspecified atom stereocenters. The van der Waals surface area contributed by atoms with Crippen molar-refractivity contribution in [2.75, 3.05) is 44.1 Å². The molecule has 192 valence electrons. The van der Waals surface area contributed by atoms with Gasteiger partial charge in [0, 0.05) is 62.3 Å². The molecule has 0 spiro atoms. The molecule has 3 N–H and O–H groups in total. The average molecular weight is 506 g/mol. The smallest absolute Gasteiger partial charge is 0.152 e. The third-order valence-electron chi connectivity index (χ3n) is 6.94. The van der Waals surface area contributed by atoms with Crippen LogP contribution in [-0.2, 0) is 9.47 Å². The predicted octanol–water partition coefficient (Wildman–Crippen LogP) is 5.12. The number of ether oxygens (including phenoxy) is 2. The topological polar surface area (TPSA) is 80.3 Å². The number of rotatable bonds is 10. The maximum absolute atomic E-state index is 14.8. The Morgan fingerprint density at radius 3 is 2.57 bits per heavy atom. The van der Waals surface area contributed by atoms with Crippen LogP contribution in [0.4, 0.5) is 15.9 Å². The zero-order chi connectivity index (χ0) is 24.6. The summed E-state index contributed by atoms with van der Waals surface area (Å²) in [5.41, 5.74) is 1.85. The molecule has 9 heteroatoms. The van der Waals surface area contributed by atoms with Crippen LogP contribution in [-0.4, -0.2) is 61.6 Å². The lowest BCUT2D eigenvalue weighted by molar-refractivity contribution is 0.0699. The van der Waals surface area contributed by atoms with E-state index in [9.17, 15) is 4.39 Å². The third-order valence-corrected chi connectivity index (χ3v) is 7.24. The van der Waals surface area contributed by atoms with E-state index in [0.717, 1.165) is 64.0 Å². The van der Waals surface area contributed by atoms with Gasteiger partial charge in [0.1, 0.15) is 11.6 Å². The van der Waals surface area contributed by atoms with Gasteiger partial charge >= 0.3 is 0 Å². The van der Waals surface area contributed by atoms with Crippen LogP contribution < -0.4 is 16.0 Å². The summed E-state index contributed by atoms with van der Waals surface area (Å²) < 4.78 is 25.4. The van der Waals surface area contributed by atoms with Crippen molar-refractivity contribution in [3.05, 3.63) is 35.5 Å². The maximum atomic E-state index is 14.8. The highest BCUT2D eigenvalue weighted by atomic mass is 35.5. The van der Waals surface area contributed by atoms with Crippen LogP contribution in [0.5, 0.6) is 0 Å². The first-order valence-electron chi connectivity index (χ1n) is 12.7. The van der Waals surface area contributed by atoms with E-state index in [-0.39, 0.29) is 5.82 Å². The Morgan fingerprint density at radius 2 is 1.83 bits per heavy atom. The maximum Gasteiger partial charge on any atom is 0.152 e. The Kier molecular flexibility index (Phi) is 9.54. The molecule has 0 radical (unpaired) electrons. The van der Waals surface area contributed by atoms with Gasteiger partial charge in [-0.2, -0.15) is 0 Å². The number of hydrogen-bond acceptors (Lipinski definition) is 7. The number of aromatic nitrogens is 2. The highest BCUT2D eigenvalue weighted by molar-refractivity contribution is 6.32. The first-order chi connectivity index (χ1) is 17.0. The van der Waals surface area contributed by atoms with Crippen LogP contribution in [0.2, 0.25) is 5.15 Å². The summed E-state index contributed by atoms with van der Waals surface area (Å²) in [7, 11) is 1.73. The van der Waals surface area contributed by atoms with E-state index in [4.69, 9.17) is 21.1 Å². The molecule has 2 aromatic heterocycles. The van der Waals surface area contributed by atoms with Crippen molar-refractivity contribution in [1.29, 1.82) is 0 Å². The standard InChI is InChI=1S/C26H37ClFN5O2/c1-17(16-34-2)32-20-3-5-21(6-4-20)33-25-12-22(23(28)15-30-25)19-11-24(26(27)31-14-19)29-13-18-7-9-35-10-8-18/h11-12,14-15,17-18,20-21,29,32H,3-10,13,16H2,1-2H3,(H,30,33)/t17-,20-,21-/m0/s1. The lowest BCUT2D eigenvalue weighted by atomic mass is 9.90. The van der Waals surface area contributed by atoms with Crippen LogP contribution in [0.25, 0.3) is 11.1 Å². The number of nitrogens with zero attached hydrogens (tertiary/aromatic N) is 2. The van der Waals surface area contributed by atoms with Crippen molar-refractivity contribution in [2.24, 2.45) is 5.92 Å². The fraction of sp³-hybridized carbons (Fsp3) is 0.615. The summed E-state index contributed by atoms with van der Waals surface area (Å²) >= 11 is 6.33. The first-order valence-corrected chi connectivity index (χ1v) is 13.0. The predicted molar refractivity (Wildman–Crippen MR) is 139 cm³/mol. The van der Waals surface area contributed by atoms with Crippen molar-refractivity contribution in [3.63, 3.8) is 0 Å². The highest BCUT2D eigenvalue weighted by Crippen LogP contribution is 2.31. The summed E-state index contributed by atoms with van der Waals surface area (Å²) in [4.78, 5) is 8.60. The van der Waals surface area contributed by atoms with Gasteiger partial charge in [0.15, 0.2) is 5.15 Å². The molecule has 1 saturated carbocycles. The van der Waals surface area contributed by atoms with E-state index in [1.807, 2.05) is 6.07 Å². The van der Waals surface area contributed by atoms with Crippen molar-refractivity contribution >= 4 is 23.1 Å². The van der Waals surface area contributed by atoms with Crippen LogP contribution in [0.3, 0.4) is 0 Å². The summed E-state index contributed by atoms with van der Waals surface area (Å²) in [5, 5.41) is 10.9. The van der Waals surface area contributed by atoms with Crippen LogP contribution in [0.15, 0.2) is 24.5 Å². The Bertz CT molecular complexity index is 951. The van der Waals surface area contributed by atoms with Crippen molar-refractivity contribution in [3.8, 4) is 11.1 Å². The third kappa shape index (κ3) is 7.49. The molecule has 2 fully saturated rings. The summed E-state index contributed by atoms with van der Waals surface area (Å²) in [6, 6.07) is 4.81. The Labute approximate surface area is 212 Å². The summed E-state index contributed by atoms with van der Waals surface area (Å²) in [6.07, 6.45) is 9.18. The summed E-state index contributed by atoms with van der Waals surface area (Å²) in [6.45, 7) is 5.24. The Hall–Kier alpha value is -2.00. The van der Waals surface area contributed by atoms with Gasteiger partial charge < -0.3 is 25.4 Å². The van der Waals surface area contributed by atoms with Gasteiger partial charge in [-0.1, -0.05) is 11.6 Å². The van der Waals surface area contributed by atoms with Crippen molar-refractivity contribution in [1.82, 2.24) is 15.3 Å². The fourth-order valence-electron chi connectivity index (χ4n) is 4.98. The van der Waals surface area contributed by atoms with E-state index >= 15 is 0 Å². The largest absolute Gasteiger partial charge is 0.383 e. The minimum Gasteiger partial charge on any atom is -0.383 e. The monoisotopic (exact) mass is 505 g/mol. The number of pyridine rings is 2. The Morgan fingerprint density at radius 1 is 1.09 bits per heavy atom. The minimum absolute atomic E-state index is 0.316.